The molecule has 0 radical (unpaired) electrons. The number of para-hydroxylation sites is 1. The lowest BCUT2D eigenvalue weighted by Crippen LogP contribution is -2.35. The second kappa shape index (κ2) is 10.8. The topological polar surface area (TPSA) is 108 Å². The number of nitrogens with one attached hydrogen (secondary N) is 1. The summed E-state index contributed by atoms with van der Waals surface area (Å²) in [5.74, 6) is -1.36. The number of nitrogens with zero attached hydrogens (tertiary/aromatic N) is 2. The molecular formula is C23H25N3O5S2. The van der Waals surface area contributed by atoms with E-state index in [4.69, 9.17) is 9.26 Å². The summed E-state index contributed by atoms with van der Waals surface area (Å²) in [7, 11) is 0. The van der Waals surface area contributed by atoms with Crippen molar-refractivity contribution in [1.82, 2.24) is 5.27 Å². The van der Waals surface area contributed by atoms with Gasteiger partial charge in [-0.05, 0) is 54.6 Å². The van der Waals surface area contributed by atoms with E-state index >= 15 is 0 Å². The van der Waals surface area contributed by atoms with E-state index in [-0.39, 0.29) is 23.3 Å². The second-order valence-electron chi connectivity index (χ2n) is 7.59. The minimum atomic E-state index is -0.608. The minimum absolute atomic E-state index is 0.0336. The van der Waals surface area contributed by atoms with Crippen molar-refractivity contribution in [2.24, 2.45) is 0 Å². The number of benzene rings is 1. The molecule has 0 fully saturated rings. The largest absolute Gasteiger partial charge is 0.538 e. The number of aromatic nitrogens is 2. The highest BCUT2D eigenvalue weighted by atomic mass is 32.2. The first kappa shape index (κ1) is 23.3. The molecule has 1 aliphatic rings. The van der Waals surface area contributed by atoms with Crippen molar-refractivity contribution in [3.8, 4) is 11.6 Å². The van der Waals surface area contributed by atoms with Gasteiger partial charge in [0.15, 0.2) is 5.95 Å². The van der Waals surface area contributed by atoms with E-state index in [1.165, 1.54) is 22.4 Å². The van der Waals surface area contributed by atoms with Gasteiger partial charge in [0.25, 0.3) is 5.03 Å². The molecule has 4 rings (SSSR count). The summed E-state index contributed by atoms with van der Waals surface area (Å²) in [5.41, 5.74) is 2.14. The maximum Gasteiger partial charge on any atom is 0.341 e. The predicted molar refractivity (Wildman–Crippen MR) is 123 cm³/mol. The van der Waals surface area contributed by atoms with Crippen molar-refractivity contribution in [3.63, 3.8) is 0 Å². The number of aryl methyl sites for hydroxylation is 1. The summed E-state index contributed by atoms with van der Waals surface area (Å²) in [6, 6.07) is 9.08. The highest BCUT2D eigenvalue weighted by Crippen LogP contribution is 2.38. The third-order valence-corrected chi connectivity index (χ3v) is 7.54. The first-order valence-corrected chi connectivity index (χ1v) is 12.8. The van der Waals surface area contributed by atoms with Crippen LogP contribution in [0.1, 0.15) is 53.4 Å². The van der Waals surface area contributed by atoms with Gasteiger partial charge in [0, 0.05) is 17.0 Å². The Hall–Kier alpha value is -2.85. The lowest BCUT2D eigenvalue weighted by atomic mass is 9.96. The Morgan fingerprint density at radius 3 is 2.73 bits per heavy atom. The molecule has 0 unspecified atom stereocenters. The van der Waals surface area contributed by atoms with Crippen LogP contribution in [0.3, 0.4) is 0 Å². The fraction of sp³-hybridized carbons (Fsp3) is 0.391. The van der Waals surface area contributed by atoms with Crippen LogP contribution in [-0.4, -0.2) is 29.5 Å². The van der Waals surface area contributed by atoms with Crippen LogP contribution in [-0.2, 0) is 22.4 Å². The van der Waals surface area contributed by atoms with Crippen LogP contribution in [0.5, 0.6) is 5.95 Å². The van der Waals surface area contributed by atoms with Gasteiger partial charge in [-0.2, -0.15) is 0 Å². The highest BCUT2D eigenvalue weighted by molar-refractivity contribution is 7.99. The first-order valence-electron chi connectivity index (χ1n) is 11.0. The Kier molecular flexibility index (Phi) is 7.66. The third-order valence-electron chi connectivity index (χ3n) is 5.32. The summed E-state index contributed by atoms with van der Waals surface area (Å²) in [6.45, 7) is 2.04. The minimum Gasteiger partial charge on any atom is -0.538 e. The predicted octanol–water partition coefficient (Wildman–Crippen LogP) is 3.65. The van der Waals surface area contributed by atoms with E-state index in [1.807, 2.05) is 18.2 Å². The molecule has 1 aromatic carbocycles. The average molecular weight is 488 g/mol. The normalized spacial score (nSPS) is 13.6. The fourth-order valence-electron chi connectivity index (χ4n) is 3.82. The molecule has 0 saturated heterocycles. The van der Waals surface area contributed by atoms with Crippen LogP contribution in [0.15, 0.2) is 39.9 Å². The van der Waals surface area contributed by atoms with Gasteiger partial charge in [0.2, 0.25) is 11.6 Å². The number of carbonyl (C=O) groups excluding carboxylic acids is 2. The number of hydrogen-bond donors (Lipinski definition) is 1. The lowest BCUT2D eigenvalue weighted by molar-refractivity contribution is -0.705. The number of ether oxygens (including phenoxy) is 1. The molecule has 10 heteroatoms. The van der Waals surface area contributed by atoms with E-state index in [9.17, 15) is 14.7 Å². The molecule has 1 amide bonds. The van der Waals surface area contributed by atoms with Gasteiger partial charge in [-0.15, -0.1) is 11.3 Å². The molecule has 0 bridgehead atoms. The average Bonchev–Trinajstić information content (AvgIpc) is 3.32. The van der Waals surface area contributed by atoms with Crippen LogP contribution in [0.2, 0.25) is 0 Å². The SMILES string of the molecule is CCOC(=O)c1c(NC(=O)CSc2c([O-])on[n+]2-c2ccccc2)sc2c1CCCCCC2. The summed E-state index contributed by atoms with van der Waals surface area (Å²) in [6.07, 6.45) is 6.09. The van der Waals surface area contributed by atoms with E-state index in [2.05, 4.69) is 10.6 Å². The summed E-state index contributed by atoms with van der Waals surface area (Å²) in [5, 5.41) is 19.5. The van der Waals surface area contributed by atoms with Crippen molar-refractivity contribution < 1.29 is 28.6 Å². The fourth-order valence-corrected chi connectivity index (χ4v) is 5.87. The Bertz CT molecular complexity index is 1130. The Labute approximate surface area is 199 Å². The molecule has 1 N–H and O–H groups in total. The highest BCUT2D eigenvalue weighted by Gasteiger charge is 2.27. The monoisotopic (exact) mass is 487 g/mol. The molecule has 0 aliphatic heterocycles. The maximum atomic E-state index is 12.8. The number of hydrogen-bond acceptors (Lipinski definition) is 8. The maximum absolute atomic E-state index is 12.8. The van der Waals surface area contributed by atoms with Crippen LogP contribution in [0.25, 0.3) is 5.69 Å². The number of esters is 1. The van der Waals surface area contributed by atoms with Crippen LogP contribution >= 0.6 is 23.1 Å². The molecule has 1 aliphatic carbocycles. The number of thiophene rings is 1. The number of rotatable bonds is 7. The van der Waals surface area contributed by atoms with Gasteiger partial charge in [-0.3, -0.25) is 4.79 Å². The van der Waals surface area contributed by atoms with Crippen molar-refractivity contribution >= 4 is 40.0 Å². The van der Waals surface area contributed by atoms with Gasteiger partial charge in [-0.25, -0.2) is 4.79 Å². The van der Waals surface area contributed by atoms with Crippen molar-refractivity contribution in [2.45, 2.75) is 50.5 Å². The zero-order valence-electron chi connectivity index (χ0n) is 18.3. The lowest BCUT2D eigenvalue weighted by Gasteiger charge is -2.11. The molecule has 2 heterocycles. The number of amides is 1. The van der Waals surface area contributed by atoms with Crippen molar-refractivity contribution in [1.29, 1.82) is 0 Å². The van der Waals surface area contributed by atoms with Gasteiger partial charge < -0.3 is 19.7 Å². The Morgan fingerprint density at radius 1 is 1.21 bits per heavy atom. The molecule has 174 valence electrons. The molecule has 0 saturated carbocycles. The van der Waals surface area contributed by atoms with Gasteiger partial charge >= 0.3 is 5.97 Å². The van der Waals surface area contributed by atoms with Crippen LogP contribution < -0.4 is 15.1 Å². The van der Waals surface area contributed by atoms with Crippen LogP contribution in [0.4, 0.5) is 5.00 Å². The van der Waals surface area contributed by atoms with E-state index < -0.39 is 11.9 Å². The molecule has 0 atom stereocenters. The molecule has 33 heavy (non-hydrogen) atoms. The zero-order chi connectivity index (χ0) is 23.2. The summed E-state index contributed by atoms with van der Waals surface area (Å²) in [4.78, 5) is 26.7. The molecular weight excluding hydrogens is 462 g/mol. The van der Waals surface area contributed by atoms with Gasteiger partial charge in [0.05, 0.1) is 23.2 Å². The summed E-state index contributed by atoms with van der Waals surface area (Å²) < 4.78 is 11.5. The molecule has 2 aromatic heterocycles. The number of fused-ring (bicyclic) bond motifs is 1. The second-order valence-corrected chi connectivity index (χ2v) is 9.66. The molecule has 3 aromatic rings. The Balaban J connectivity index is 1.52. The van der Waals surface area contributed by atoms with Crippen molar-refractivity contribution in [3.05, 3.63) is 46.3 Å². The van der Waals surface area contributed by atoms with E-state index in [0.29, 0.717) is 16.3 Å². The number of thioether (sulfide) groups is 1. The third kappa shape index (κ3) is 5.39. The summed E-state index contributed by atoms with van der Waals surface area (Å²) >= 11 is 2.49. The van der Waals surface area contributed by atoms with E-state index in [0.717, 1.165) is 54.3 Å². The first-order chi connectivity index (χ1) is 16.1. The molecule has 0 spiro atoms. The van der Waals surface area contributed by atoms with Gasteiger partial charge in [0.1, 0.15) is 5.00 Å². The zero-order valence-corrected chi connectivity index (χ0v) is 19.9. The Morgan fingerprint density at radius 2 is 1.97 bits per heavy atom. The molecule has 8 nitrogen and oxygen atoms in total. The van der Waals surface area contributed by atoms with Gasteiger partial charge in [-0.1, -0.05) is 31.0 Å². The van der Waals surface area contributed by atoms with Crippen LogP contribution in [0, 0.1) is 0 Å². The standard InChI is InChI=1S/C23H25N3O5S2/c1-2-30-22(28)19-16-12-8-3-4-9-13-17(16)33-20(19)24-18(27)14-32-21-23(29)31-25-26(21)15-10-6-5-7-11-15/h5-7,10-11H,2-4,8-9,12-14H2,1H3,(H-,24,25,27,28,29). The number of anilines is 1. The number of carbonyl (C=O) groups is 2. The van der Waals surface area contributed by atoms with Crippen molar-refractivity contribution in [2.75, 3.05) is 17.7 Å². The quantitative estimate of drug-likeness (QED) is 0.308. The smallest absolute Gasteiger partial charge is 0.341 e. The van der Waals surface area contributed by atoms with E-state index in [1.54, 1.807) is 19.1 Å².